The number of guanidine groups is 1. The Kier molecular flexibility index (Phi) is 10.6. The van der Waals surface area contributed by atoms with Crippen molar-refractivity contribution in [2.24, 2.45) is 4.99 Å². The van der Waals surface area contributed by atoms with E-state index in [0.717, 1.165) is 11.7 Å². The van der Waals surface area contributed by atoms with Crippen molar-refractivity contribution in [3.63, 3.8) is 0 Å². The van der Waals surface area contributed by atoms with Crippen LogP contribution in [0.2, 0.25) is 0 Å². The Morgan fingerprint density at radius 2 is 2.26 bits per heavy atom. The minimum atomic E-state index is 0. The molecule has 2 N–H and O–H groups in total. The van der Waals surface area contributed by atoms with Crippen molar-refractivity contribution in [3.05, 3.63) is 18.0 Å². The van der Waals surface area contributed by atoms with Crippen molar-refractivity contribution in [2.75, 3.05) is 7.05 Å². The largest absolute Gasteiger partial charge is 0.364 e. The van der Waals surface area contributed by atoms with E-state index in [0.29, 0.717) is 12.6 Å². The molecule has 0 aliphatic carbocycles. The van der Waals surface area contributed by atoms with Gasteiger partial charge in [-0.1, -0.05) is 31.3 Å². The molecule has 0 saturated carbocycles. The van der Waals surface area contributed by atoms with E-state index in [4.69, 9.17) is 4.52 Å². The lowest BCUT2D eigenvalue weighted by atomic mass is 10.1. The quantitative estimate of drug-likeness (QED) is 0.331. The molecule has 1 atom stereocenters. The van der Waals surface area contributed by atoms with Crippen LogP contribution >= 0.6 is 24.0 Å². The Bertz CT molecular complexity index is 340. The fraction of sp³-hybridized carbons (Fsp3) is 0.692. The van der Waals surface area contributed by atoms with Crippen molar-refractivity contribution in [1.29, 1.82) is 0 Å². The smallest absolute Gasteiger partial charge is 0.191 e. The first-order chi connectivity index (χ1) is 8.76. The van der Waals surface area contributed by atoms with Crippen molar-refractivity contribution in [1.82, 2.24) is 15.8 Å². The molecule has 0 aliphatic rings. The highest BCUT2D eigenvalue weighted by molar-refractivity contribution is 14.0. The second kappa shape index (κ2) is 11.1. The van der Waals surface area contributed by atoms with Crippen molar-refractivity contribution >= 4 is 29.9 Å². The van der Waals surface area contributed by atoms with Crippen molar-refractivity contribution in [2.45, 2.75) is 52.1 Å². The number of halogens is 1. The predicted molar refractivity (Wildman–Crippen MR) is 88.9 cm³/mol. The molecule has 0 saturated heterocycles. The zero-order chi connectivity index (χ0) is 13.2. The first-order valence-electron chi connectivity index (χ1n) is 6.62. The fourth-order valence-corrected chi connectivity index (χ4v) is 1.70. The standard InChI is InChI=1S/C13H24N4O.HI/c1-4-5-6-7-11(2)16-13(14-3)15-10-12-8-9-18-17-12;/h8-9,11H,4-7,10H2,1-3H3,(H2,14,15,16);1H. The van der Waals surface area contributed by atoms with Gasteiger partial charge in [0.25, 0.3) is 0 Å². The van der Waals surface area contributed by atoms with Gasteiger partial charge < -0.3 is 15.2 Å². The number of rotatable bonds is 7. The number of nitrogens with zero attached hydrogens (tertiary/aromatic N) is 2. The van der Waals surface area contributed by atoms with Gasteiger partial charge in [0, 0.05) is 19.2 Å². The van der Waals surface area contributed by atoms with Gasteiger partial charge in [-0.05, 0) is 13.3 Å². The molecule has 0 amide bonds. The van der Waals surface area contributed by atoms with Gasteiger partial charge in [-0.25, -0.2) is 0 Å². The molecule has 5 nitrogen and oxygen atoms in total. The number of aliphatic imine (C=N–C) groups is 1. The van der Waals surface area contributed by atoms with Crippen LogP contribution in [-0.2, 0) is 6.54 Å². The Labute approximate surface area is 132 Å². The van der Waals surface area contributed by atoms with E-state index < -0.39 is 0 Å². The first kappa shape index (κ1) is 18.2. The van der Waals surface area contributed by atoms with E-state index in [1.54, 1.807) is 13.3 Å². The lowest BCUT2D eigenvalue weighted by Gasteiger charge is -2.17. The molecule has 1 aromatic rings. The van der Waals surface area contributed by atoms with Gasteiger partial charge in [-0.3, -0.25) is 4.99 Å². The maximum absolute atomic E-state index is 4.78. The lowest BCUT2D eigenvalue weighted by Crippen LogP contribution is -2.41. The average Bonchev–Trinajstić information content (AvgIpc) is 2.88. The summed E-state index contributed by atoms with van der Waals surface area (Å²) in [4.78, 5) is 4.19. The summed E-state index contributed by atoms with van der Waals surface area (Å²) >= 11 is 0. The Morgan fingerprint density at radius 3 is 2.84 bits per heavy atom. The summed E-state index contributed by atoms with van der Waals surface area (Å²) in [5, 5.41) is 10.4. The molecule has 1 unspecified atom stereocenters. The van der Waals surface area contributed by atoms with Crippen LogP contribution in [0, 0.1) is 0 Å². The fourth-order valence-electron chi connectivity index (χ4n) is 1.70. The highest BCUT2D eigenvalue weighted by Gasteiger charge is 2.05. The van der Waals surface area contributed by atoms with E-state index in [2.05, 4.69) is 34.6 Å². The summed E-state index contributed by atoms with van der Waals surface area (Å²) in [5.74, 6) is 0.807. The second-order valence-electron chi connectivity index (χ2n) is 4.46. The number of hydrogen-bond acceptors (Lipinski definition) is 3. The van der Waals surface area contributed by atoms with Crippen LogP contribution in [0.5, 0.6) is 0 Å². The number of unbranched alkanes of at least 4 members (excludes halogenated alkanes) is 2. The molecular formula is C13H25IN4O. The van der Waals surface area contributed by atoms with E-state index in [9.17, 15) is 0 Å². The van der Waals surface area contributed by atoms with Crippen LogP contribution < -0.4 is 10.6 Å². The van der Waals surface area contributed by atoms with Crippen LogP contribution in [0.15, 0.2) is 21.8 Å². The molecule has 110 valence electrons. The van der Waals surface area contributed by atoms with E-state index in [1.165, 1.54) is 25.7 Å². The first-order valence-corrected chi connectivity index (χ1v) is 6.62. The summed E-state index contributed by atoms with van der Waals surface area (Å²) in [5.41, 5.74) is 0.872. The summed E-state index contributed by atoms with van der Waals surface area (Å²) < 4.78 is 4.78. The molecule has 1 aromatic heterocycles. The van der Waals surface area contributed by atoms with Crippen LogP contribution in [0.1, 0.15) is 45.2 Å². The zero-order valence-corrected chi connectivity index (χ0v) is 14.3. The third kappa shape index (κ3) is 8.07. The third-order valence-corrected chi connectivity index (χ3v) is 2.78. The molecule has 0 bridgehead atoms. The monoisotopic (exact) mass is 380 g/mol. The highest BCUT2D eigenvalue weighted by Crippen LogP contribution is 2.02. The lowest BCUT2D eigenvalue weighted by molar-refractivity contribution is 0.410. The molecule has 0 aliphatic heterocycles. The SMILES string of the molecule is CCCCCC(C)NC(=NC)NCc1ccon1.I. The van der Waals surface area contributed by atoms with Crippen molar-refractivity contribution in [3.8, 4) is 0 Å². The maximum atomic E-state index is 4.78. The van der Waals surface area contributed by atoms with Gasteiger partial charge in [-0.15, -0.1) is 24.0 Å². The molecule has 0 spiro atoms. The molecule has 0 aromatic carbocycles. The van der Waals surface area contributed by atoms with Crippen LogP contribution in [0.4, 0.5) is 0 Å². The van der Waals surface area contributed by atoms with Crippen molar-refractivity contribution < 1.29 is 4.52 Å². The average molecular weight is 380 g/mol. The minimum Gasteiger partial charge on any atom is -0.364 e. The van der Waals surface area contributed by atoms with Gasteiger partial charge >= 0.3 is 0 Å². The van der Waals surface area contributed by atoms with E-state index in [1.807, 2.05) is 6.07 Å². The molecule has 1 heterocycles. The molecule has 0 fully saturated rings. The summed E-state index contributed by atoms with van der Waals surface area (Å²) in [7, 11) is 1.77. The van der Waals surface area contributed by atoms with Crippen LogP contribution in [-0.4, -0.2) is 24.2 Å². The Hall–Kier alpha value is -0.790. The third-order valence-electron chi connectivity index (χ3n) is 2.78. The van der Waals surface area contributed by atoms with Gasteiger partial charge in [0.1, 0.15) is 12.0 Å². The summed E-state index contributed by atoms with van der Waals surface area (Å²) in [6.45, 7) is 5.02. The van der Waals surface area contributed by atoms with Gasteiger partial charge in [0.05, 0.1) is 6.54 Å². The molecule has 6 heteroatoms. The maximum Gasteiger partial charge on any atom is 0.191 e. The van der Waals surface area contributed by atoms with Gasteiger partial charge in [0.15, 0.2) is 5.96 Å². The number of hydrogen-bond donors (Lipinski definition) is 2. The molecule has 19 heavy (non-hydrogen) atoms. The second-order valence-corrected chi connectivity index (χ2v) is 4.46. The molecule has 0 radical (unpaired) electrons. The topological polar surface area (TPSA) is 62.5 Å². The molecular weight excluding hydrogens is 355 g/mol. The van der Waals surface area contributed by atoms with E-state index >= 15 is 0 Å². The Balaban J connectivity index is 0.00000324. The van der Waals surface area contributed by atoms with Crippen LogP contribution in [0.3, 0.4) is 0 Å². The predicted octanol–water partition coefficient (Wildman–Crippen LogP) is 2.93. The van der Waals surface area contributed by atoms with Gasteiger partial charge in [0.2, 0.25) is 0 Å². The number of nitrogens with one attached hydrogen (secondary N) is 2. The highest BCUT2D eigenvalue weighted by atomic mass is 127. The normalized spacial score (nSPS) is 12.7. The summed E-state index contributed by atoms with van der Waals surface area (Å²) in [6, 6.07) is 2.27. The van der Waals surface area contributed by atoms with Gasteiger partial charge in [-0.2, -0.15) is 0 Å². The number of aromatic nitrogens is 1. The van der Waals surface area contributed by atoms with Crippen LogP contribution in [0.25, 0.3) is 0 Å². The summed E-state index contributed by atoms with van der Waals surface area (Å²) in [6.07, 6.45) is 6.53. The Morgan fingerprint density at radius 1 is 1.47 bits per heavy atom. The zero-order valence-electron chi connectivity index (χ0n) is 12.0. The minimum absolute atomic E-state index is 0. The molecule has 1 rings (SSSR count). The van der Waals surface area contributed by atoms with E-state index in [-0.39, 0.29) is 24.0 Å².